The Hall–Kier alpha value is -2.04. The third-order valence-electron chi connectivity index (χ3n) is 4.25. The molecule has 142 valence electrons. The molecule has 0 aliphatic heterocycles. The van der Waals surface area contributed by atoms with E-state index in [2.05, 4.69) is 13.8 Å². The quantitative estimate of drug-likeness (QED) is 0.537. The van der Waals surface area contributed by atoms with Gasteiger partial charge in [-0.1, -0.05) is 49.8 Å². The van der Waals surface area contributed by atoms with Crippen molar-refractivity contribution in [1.82, 2.24) is 0 Å². The Balaban J connectivity index is 2.99. The molecule has 1 aromatic rings. The van der Waals surface area contributed by atoms with Gasteiger partial charge in [0, 0.05) is 12.8 Å². The van der Waals surface area contributed by atoms with Gasteiger partial charge in [-0.05, 0) is 30.4 Å². The fourth-order valence-electron chi connectivity index (χ4n) is 2.78. The lowest BCUT2D eigenvalue weighted by atomic mass is 9.90. The molecule has 4 N–H and O–H groups in total. The van der Waals surface area contributed by atoms with Gasteiger partial charge in [-0.3, -0.25) is 14.2 Å². The summed E-state index contributed by atoms with van der Waals surface area (Å²) in [5.74, 6) is -2.93. The maximum Gasteiger partial charge on any atom is 0.310 e. The van der Waals surface area contributed by atoms with Gasteiger partial charge >= 0.3 is 5.97 Å². The number of rotatable bonds is 10. The van der Waals surface area contributed by atoms with Gasteiger partial charge in [0.05, 0.1) is 5.92 Å². The van der Waals surface area contributed by atoms with Crippen LogP contribution in [-0.4, -0.2) is 27.4 Å². The Morgan fingerprint density at radius 2 is 1.85 bits per heavy atom. The van der Waals surface area contributed by atoms with Crippen molar-refractivity contribution >= 4 is 26.4 Å². The van der Waals surface area contributed by atoms with Gasteiger partial charge in [0.2, 0.25) is 5.91 Å². The van der Waals surface area contributed by atoms with Crippen LogP contribution < -0.4 is 5.73 Å². The SMILES string of the molecule is CC(=Cc1ccc(C(C)C)cc1)CC(O)(P=O)C(CCC(N)=O)C(=O)O. The molecule has 1 aromatic carbocycles. The number of hydrogen-bond donors (Lipinski definition) is 3. The van der Waals surface area contributed by atoms with Crippen molar-refractivity contribution < 1.29 is 24.4 Å². The fourth-order valence-corrected chi connectivity index (χ4v) is 3.46. The zero-order chi connectivity index (χ0) is 19.9. The fraction of sp³-hybridized carbons (Fsp3) is 0.474. The van der Waals surface area contributed by atoms with Crippen molar-refractivity contribution in [3.05, 3.63) is 41.0 Å². The lowest BCUT2D eigenvalue weighted by molar-refractivity contribution is -0.147. The largest absolute Gasteiger partial charge is 0.481 e. The highest BCUT2D eigenvalue weighted by atomic mass is 31.1. The van der Waals surface area contributed by atoms with Gasteiger partial charge in [0.25, 0.3) is 0 Å². The van der Waals surface area contributed by atoms with Crippen molar-refractivity contribution in [1.29, 1.82) is 0 Å². The van der Waals surface area contributed by atoms with Crippen molar-refractivity contribution in [2.75, 3.05) is 0 Å². The Morgan fingerprint density at radius 1 is 1.27 bits per heavy atom. The van der Waals surface area contributed by atoms with E-state index >= 15 is 0 Å². The molecule has 0 saturated carbocycles. The zero-order valence-corrected chi connectivity index (χ0v) is 16.2. The molecule has 1 amide bonds. The van der Waals surface area contributed by atoms with Crippen molar-refractivity contribution in [2.45, 2.75) is 51.3 Å². The molecule has 0 heterocycles. The molecule has 0 spiro atoms. The second-order valence-corrected chi connectivity index (χ2v) is 7.81. The van der Waals surface area contributed by atoms with Crippen LogP contribution in [0.15, 0.2) is 29.8 Å². The van der Waals surface area contributed by atoms with E-state index in [0.29, 0.717) is 11.5 Å². The second-order valence-electron chi connectivity index (χ2n) is 6.85. The van der Waals surface area contributed by atoms with E-state index in [1.807, 2.05) is 30.3 Å². The number of carbonyl (C=O) groups is 2. The number of carbonyl (C=O) groups excluding carboxylic acids is 1. The van der Waals surface area contributed by atoms with E-state index in [1.165, 1.54) is 5.56 Å². The van der Waals surface area contributed by atoms with Crippen LogP contribution in [0.2, 0.25) is 0 Å². The lowest BCUT2D eigenvalue weighted by Gasteiger charge is -2.27. The smallest absolute Gasteiger partial charge is 0.310 e. The van der Waals surface area contributed by atoms with Crippen LogP contribution in [-0.2, 0) is 14.2 Å². The van der Waals surface area contributed by atoms with Crippen molar-refractivity contribution in [3.63, 3.8) is 0 Å². The molecule has 6 nitrogen and oxygen atoms in total. The summed E-state index contributed by atoms with van der Waals surface area (Å²) in [4.78, 5) is 22.4. The Labute approximate surface area is 155 Å². The van der Waals surface area contributed by atoms with E-state index < -0.39 is 31.6 Å². The van der Waals surface area contributed by atoms with Gasteiger partial charge in [0.1, 0.15) is 0 Å². The number of carboxylic acids is 1. The van der Waals surface area contributed by atoms with Crippen LogP contribution in [0, 0.1) is 5.92 Å². The number of carboxylic acid groups (broad SMARTS) is 1. The maximum absolute atomic E-state index is 11.6. The van der Waals surface area contributed by atoms with E-state index in [1.54, 1.807) is 6.92 Å². The third kappa shape index (κ3) is 6.36. The molecule has 0 aliphatic rings. The molecular formula is C19H26NO5P. The summed E-state index contributed by atoms with van der Waals surface area (Å²) in [7, 11) is -0.702. The standard InChI is InChI=1S/C19H26NO5P/c1-12(2)15-6-4-14(5-7-15)10-13(3)11-19(24,26-25)16(18(22)23)8-9-17(20)21/h4-7,10,12,16,24H,8-9,11H2,1-3H3,(H2,20,21)(H,22,23). The van der Waals surface area contributed by atoms with E-state index in [9.17, 15) is 24.4 Å². The molecule has 0 fully saturated rings. The first kappa shape index (κ1) is 22.0. The minimum absolute atomic E-state index is 0.0975. The molecule has 0 bridgehead atoms. The number of amides is 1. The maximum atomic E-state index is 11.6. The Morgan fingerprint density at radius 3 is 2.27 bits per heavy atom. The third-order valence-corrected chi connectivity index (χ3v) is 5.03. The first-order chi connectivity index (χ1) is 12.1. The predicted molar refractivity (Wildman–Crippen MR) is 101 cm³/mol. The molecule has 2 unspecified atom stereocenters. The molecule has 0 saturated heterocycles. The highest BCUT2D eigenvalue weighted by Crippen LogP contribution is 2.38. The van der Waals surface area contributed by atoms with Crippen LogP contribution in [0.25, 0.3) is 6.08 Å². The van der Waals surface area contributed by atoms with E-state index in [0.717, 1.165) is 5.56 Å². The minimum atomic E-state index is -2.00. The van der Waals surface area contributed by atoms with Crippen LogP contribution in [0.3, 0.4) is 0 Å². The van der Waals surface area contributed by atoms with Crippen LogP contribution >= 0.6 is 8.46 Å². The van der Waals surface area contributed by atoms with Gasteiger partial charge < -0.3 is 15.9 Å². The summed E-state index contributed by atoms with van der Waals surface area (Å²) in [5.41, 5.74) is 7.84. The Kier molecular flexibility index (Phi) is 8.12. The molecule has 1 rings (SSSR count). The van der Waals surface area contributed by atoms with Crippen LogP contribution in [0.1, 0.15) is 57.1 Å². The summed E-state index contributed by atoms with van der Waals surface area (Å²) in [6.07, 6.45) is 1.34. The first-order valence-corrected chi connectivity index (χ1v) is 9.25. The number of aliphatic hydroxyl groups is 1. The lowest BCUT2D eigenvalue weighted by Crippen LogP contribution is -2.38. The number of primary amides is 1. The number of aliphatic carboxylic acids is 1. The van der Waals surface area contributed by atoms with Crippen LogP contribution in [0.5, 0.6) is 0 Å². The molecule has 2 atom stereocenters. The van der Waals surface area contributed by atoms with Gasteiger partial charge in [-0.2, -0.15) is 0 Å². The van der Waals surface area contributed by atoms with Gasteiger partial charge in [-0.25, -0.2) is 0 Å². The average molecular weight is 379 g/mol. The number of hydrogen-bond acceptors (Lipinski definition) is 4. The first-order valence-electron chi connectivity index (χ1n) is 8.44. The second kappa shape index (κ2) is 9.60. The molecule has 0 aliphatic carbocycles. The Bertz CT molecular complexity index is 684. The molecule has 7 heteroatoms. The molecular weight excluding hydrogens is 353 g/mol. The molecule has 0 radical (unpaired) electrons. The van der Waals surface area contributed by atoms with E-state index in [-0.39, 0.29) is 19.3 Å². The normalized spacial score (nSPS) is 15.7. The predicted octanol–water partition coefficient (Wildman–Crippen LogP) is 3.55. The highest BCUT2D eigenvalue weighted by Gasteiger charge is 2.42. The molecule has 26 heavy (non-hydrogen) atoms. The monoisotopic (exact) mass is 379 g/mol. The van der Waals surface area contributed by atoms with E-state index in [4.69, 9.17) is 5.73 Å². The van der Waals surface area contributed by atoms with Gasteiger partial charge in [0.15, 0.2) is 13.8 Å². The summed E-state index contributed by atoms with van der Waals surface area (Å²) >= 11 is 0. The van der Waals surface area contributed by atoms with Gasteiger partial charge in [-0.15, -0.1) is 0 Å². The molecule has 0 aromatic heterocycles. The van der Waals surface area contributed by atoms with Crippen molar-refractivity contribution in [2.24, 2.45) is 11.7 Å². The average Bonchev–Trinajstić information content (AvgIpc) is 2.54. The summed E-state index contributed by atoms with van der Waals surface area (Å²) in [6.45, 7) is 5.93. The number of benzene rings is 1. The van der Waals surface area contributed by atoms with Crippen molar-refractivity contribution in [3.8, 4) is 0 Å². The minimum Gasteiger partial charge on any atom is -0.481 e. The summed E-state index contributed by atoms with van der Waals surface area (Å²) < 4.78 is 11.6. The van der Waals surface area contributed by atoms with Crippen LogP contribution in [0.4, 0.5) is 0 Å². The highest BCUT2D eigenvalue weighted by molar-refractivity contribution is 7.25. The zero-order valence-electron chi connectivity index (χ0n) is 15.3. The summed E-state index contributed by atoms with van der Waals surface area (Å²) in [5, 5.41) is 18.0. The number of nitrogens with two attached hydrogens (primary N) is 1. The topological polar surface area (TPSA) is 118 Å². The summed E-state index contributed by atoms with van der Waals surface area (Å²) in [6, 6.07) is 7.90.